The zero-order valence-corrected chi connectivity index (χ0v) is 19.6. The molecule has 0 radical (unpaired) electrons. The van der Waals surface area contributed by atoms with Gasteiger partial charge in [-0.3, -0.25) is 9.10 Å². The summed E-state index contributed by atoms with van der Waals surface area (Å²) < 4.78 is 47.1. The minimum atomic E-state index is -3.55. The molecule has 0 aliphatic rings. The molecule has 0 atom stereocenters. The molecule has 0 saturated heterocycles. The van der Waals surface area contributed by atoms with Gasteiger partial charge in [0.25, 0.3) is 0 Å². The van der Waals surface area contributed by atoms with Gasteiger partial charge in [-0.15, -0.1) is 0 Å². The maximum Gasteiger partial charge on any atom is 0.232 e. The molecule has 0 aromatic heterocycles. The molecule has 0 spiro atoms. The lowest BCUT2D eigenvalue weighted by atomic mass is 10.2. The van der Waals surface area contributed by atoms with Crippen molar-refractivity contribution in [3.8, 4) is 23.0 Å². The Labute approximate surface area is 189 Å². The lowest BCUT2D eigenvalue weighted by molar-refractivity contribution is -0.121. The van der Waals surface area contributed by atoms with Crippen LogP contribution in [0.5, 0.6) is 23.0 Å². The Bertz CT molecular complexity index is 996. The van der Waals surface area contributed by atoms with Crippen LogP contribution in [0, 0.1) is 0 Å². The number of nitrogens with one attached hydrogen (secondary N) is 1. The van der Waals surface area contributed by atoms with Crippen LogP contribution >= 0.6 is 0 Å². The van der Waals surface area contributed by atoms with Gasteiger partial charge in [-0.25, -0.2) is 8.42 Å². The molecule has 2 rings (SSSR count). The molecule has 10 heteroatoms. The van der Waals surface area contributed by atoms with Gasteiger partial charge >= 0.3 is 0 Å². The van der Waals surface area contributed by atoms with Gasteiger partial charge in [-0.1, -0.05) is 12.1 Å². The summed E-state index contributed by atoms with van der Waals surface area (Å²) in [6.45, 7) is 0.759. The molecular formula is C22H30N2O7S. The van der Waals surface area contributed by atoms with E-state index in [0.717, 1.165) is 6.26 Å². The second-order valence-electron chi connectivity index (χ2n) is 6.83. The average Bonchev–Trinajstić information content (AvgIpc) is 2.78. The maximum atomic E-state index is 12.3. The van der Waals surface area contributed by atoms with Crippen molar-refractivity contribution in [1.29, 1.82) is 0 Å². The summed E-state index contributed by atoms with van der Waals surface area (Å²) in [6, 6.07) is 12.1. The third-order valence-electron chi connectivity index (χ3n) is 4.57. The molecule has 32 heavy (non-hydrogen) atoms. The fraction of sp³-hybridized carbons (Fsp3) is 0.409. The van der Waals surface area contributed by atoms with Crippen LogP contribution < -0.4 is 28.6 Å². The Balaban J connectivity index is 1.84. The summed E-state index contributed by atoms with van der Waals surface area (Å²) in [7, 11) is 1.00. The number of ether oxygens (including phenoxy) is 4. The normalized spacial score (nSPS) is 10.9. The summed E-state index contributed by atoms with van der Waals surface area (Å²) in [6.07, 6.45) is 1.65. The van der Waals surface area contributed by atoms with Crippen LogP contribution in [-0.2, 0) is 14.8 Å². The van der Waals surface area contributed by atoms with E-state index >= 15 is 0 Å². The molecule has 0 aliphatic carbocycles. The van der Waals surface area contributed by atoms with E-state index in [1.54, 1.807) is 37.4 Å². The molecule has 0 aliphatic heterocycles. The van der Waals surface area contributed by atoms with E-state index in [4.69, 9.17) is 18.9 Å². The topological polar surface area (TPSA) is 103 Å². The first kappa shape index (κ1) is 25.1. The van der Waals surface area contributed by atoms with Crippen LogP contribution in [0.4, 0.5) is 5.69 Å². The fourth-order valence-corrected chi connectivity index (χ4v) is 3.98. The number of rotatable bonds is 13. The van der Waals surface area contributed by atoms with E-state index in [1.807, 2.05) is 12.1 Å². The molecule has 1 N–H and O–H groups in total. The van der Waals surface area contributed by atoms with Gasteiger partial charge < -0.3 is 24.3 Å². The standard InChI is InChI=1S/C22H30N2O7S/c1-28-18-8-5-6-9-20(18)31-15-13-23-22(25)10-7-14-24(32(4,26)27)17-11-12-19(29-2)21(16-17)30-3/h5-6,8-9,11-12,16H,7,10,13-15H2,1-4H3,(H,23,25). The smallest absolute Gasteiger partial charge is 0.232 e. The second kappa shape index (κ2) is 12.0. The summed E-state index contributed by atoms with van der Waals surface area (Å²) in [5.74, 6) is 1.96. The summed E-state index contributed by atoms with van der Waals surface area (Å²) in [5, 5.41) is 2.77. The van der Waals surface area contributed by atoms with E-state index in [0.29, 0.717) is 41.7 Å². The zero-order chi connectivity index (χ0) is 23.6. The first-order valence-electron chi connectivity index (χ1n) is 10.0. The summed E-state index contributed by atoms with van der Waals surface area (Å²) in [5.41, 5.74) is 0.441. The molecule has 0 heterocycles. The van der Waals surface area contributed by atoms with Crippen molar-refractivity contribution in [3.63, 3.8) is 0 Å². The molecule has 1 amide bonds. The predicted molar refractivity (Wildman–Crippen MR) is 122 cm³/mol. The van der Waals surface area contributed by atoms with Crippen molar-refractivity contribution >= 4 is 21.6 Å². The fourth-order valence-electron chi connectivity index (χ4n) is 3.03. The average molecular weight is 467 g/mol. The Hall–Kier alpha value is -3.14. The third kappa shape index (κ3) is 7.23. The molecule has 0 unspecified atom stereocenters. The number of nitrogens with zero attached hydrogens (tertiary/aromatic N) is 1. The van der Waals surface area contributed by atoms with E-state index in [2.05, 4.69) is 5.32 Å². The van der Waals surface area contributed by atoms with Crippen LogP contribution in [0.25, 0.3) is 0 Å². The van der Waals surface area contributed by atoms with Crippen molar-refractivity contribution < 1.29 is 32.2 Å². The number of hydrogen-bond acceptors (Lipinski definition) is 7. The van der Waals surface area contributed by atoms with Gasteiger partial charge in [0.05, 0.1) is 39.8 Å². The number of methoxy groups -OCH3 is 3. The Kier molecular flexibility index (Phi) is 9.45. The highest BCUT2D eigenvalue weighted by atomic mass is 32.2. The number of anilines is 1. The van der Waals surface area contributed by atoms with E-state index < -0.39 is 10.0 Å². The Morgan fingerprint density at radius 2 is 1.56 bits per heavy atom. The van der Waals surface area contributed by atoms with Crippen molar-refractivity contribution in [2.24, 2.45) is 0 Å². The molecule has 0 saturated carbocycles. The highest BCUT2D eigenvalue weighted by Gasteiger charge is 2.19. The van der Waals surface area contributed by atoms with E-state index in [-0.39, 0.29) is 25.5 Å². The predicted octanol–water partition coefficient (Wildman–Crippen LogP) is 2.45. The minimum absolute atomic E-state index is 0.152. The van der Waals surface area contributed by atoms with E-state index in [1.165, 1.54) is 18.5 Å². The van der Waals surface area contributed by atoms with Crippen molar-refractivity contribution in [3.05, 3.63) is 42.5 Å². The summed E-state index contributed by atoms with van der Waals surface area (Å²) >= 11 is 0. The van der Waals surface area contributed by atoms with Crippen molar-refractivity contribution in [2.75, 3.05) is 51.6 Å². The number of hydrogen-bond donors (Lipinski definition) is 1. The largest absolute Gasteiger partial charge is 0.493 e. The number of carbonyl (C=O) groups is 1. The molecule has 2 aromatic carbocycles. The molecular weight excluding hydrogens is 436 g/mol. The second-order valence-corrected chi connectivity index (χ2v) is 8.73. The molecule has 176 valence electrons. The molecule has 0 fully saturated rings. The van der Waals surface area contributed by atoms with Crippen LogP contribution in [0.1, 0.15) is 12.8 Å². The van der Waals surface area contributed by atoms with Gasteiger partial charge in [0.1, 0.15) is 6.61 Å². The SMILES string of the molecule is COc1ccc(N(CCCC(=O)NCCOc2ccccc2OC)S(C)(=O)=O)cc1OC. The highest BCUT2D eigenvalue weighted by molar-refractivity contribution is 7.92. The van der Waals surface area contributed by atoms with Crippen LogP contribution in [0.2, 0.25) is 0 Å². The van der Waals surface area contributed by atoms with Crippen LogP contribution in [0.3, 0.4) is 0 Å². The Morgan fingerprint density at radius 1 is 0.938 bits per heavy atom. The lowest BCUT2D eigenvalue weighted by Crippen LogP contribution is -2.33. The number of benzene rings is 2. The monoisotopic (exact) mass is 466 g/mol. The molecule has 2 aromatic rings. The number of sulfonamides is 1. The van der Waals surface area contributed by atoms with Gasteiger partial charge in [-0.2, -0.15) is 0 Å². The minimum Gasteiger partial charge on any atom is -0.493 e. The van der Waals surface area contributed by atoms with Gasteiger partial charge in [-0.05, 0) is 30.7 Å². The van der Waals surface area contributed by atoms with Crippen LogP contribution in [0.15, 0.2) is 42.5 Å². The van der Waals surface area contributed by atoms with Gasteiger partial charge in [0.15, 0.2) is 23.0 Å². The number of amides is 1. The van der Waals surface area contributed by atoms with Crippen LogP contribution in [-0.4, -0.2) is 61.6 Å². The third-order valence-corrected chi connectivity index (χ3v) is 5.77. The highest BCUT2D eigenvalue weighted by Crippen LogP contribution is 2.32. The number of carbonyl (C=O) groups excluding carboxylic acids is 1. The van der Waals surface area contributed by atoms with Crippen molar-refractivity contribution in [2.45, 2.75) is 12.8 Å². The first-order valence-corrected chi connectivity index (χ1v) is 11.9. The molecule has 9 nitrogen and oxygen atoms in total. The Morgan fingerprint density at radius 3 is 2.19 bits per heavy atom. The quantitative estimate of drug-likeness (QED) is 0.452. The number of para-hydroxylation sites is 2. The lowest BCUT2D eigenvalue weighted by Gasteiger charge is -2.23. The van der Waals surface area contributed by atoms with Crippen molar-refractivity contribution in [1.82, 2.24) is 5.32 Å². The maximum absolute atomic E-state index is 12.3. The zero-order valence-electron chi connectivity index (χ0n) is 18.8. The first-order chi connectivity index (χ1) is 15.3. The van der Waals surface area contributed by atoms with Gasteiger partial charge in [0, 0.05) is 19.0 Å². The molecule has 0 bridgehead atoms. The van der Waals surface area contributed by atoms with Gasteiger partial charge in [0.2, 0.25) is 15.9 Å². The van der Waals surface area contributed by atoms with E-state index in [9.17, 15) is 13.2 Å². The summed E-state index contributed by atoms with van der Waals surface area (Å²) in [4.78, 5) is 12.1.